The second kappa shape index (κ2) is 11.1. The van der Waals surface area contributed by atoms with Gasteiger partial charge in [0, 0.05) is 52.2 Å². The van der Waals surface area contributed by atoms with E-state index in [4.69, 9.17) is 0 Å². The van der Waals surface area contributed by atoms with Gasteiger partial charge >= 0.3 is 5.97 Å². The van der Waals surface area contributed by atoms with Crippen molar-refractivity contribution in [2.24, 2.45) is 0 Å². The van der Waals surface area contributed by atoms with E-state index in [9.17, 15) is 14.4 Å². The average Bonchev–Trinajstić information content (AvgIpc) is 2.67. The molecule has 0 aromatic heterocycles. The van der Waals surface area contributed by atoms with Gasteiger partial charge in [0.25, 0.3) is 0 Å². The minimum atomic E-state index is -0.255. The van der Waals surface area contributed by atoms with Crippen LogP contribution in [-0.2, 0) is 19.1 Å². The maximum atomic E-state index is 12.3. The molecule has 26 heavy (non-hydrogen) atoms. The van der Waals surface area contributed by atoms with E-state index in [-0.39, 0.29) is 17.8 Å². The van der Waals surface area contributed by atoms with Crippen molar-refractivity contribution in [3.8, 4) is 0 Å². The number of hydrogen-bond donors (Lipinski definition) is 1. The molecular weight excluding hydrogens is 336 g/mol. The van der Waals surface area contributed by atoms with E-state index in [1.54, 1.807) is 0 Å². The average molecular weight is 368 g/mol. The largest absolute Gasteiger partial charge is 0.469 e. The van der Waals surface area contributed by atoms with Crippen molar-refractivity contribution in [1.82, 2.24) is 20.0 Å². The molecule has 2 aliphatic rings. The smallest absolute Gasteiger partial charge is 0.305 e. The fraction of sp³-hybridized carbons (Fsp3) is 0.833. The van der Waals surface area contributed by atoms with Crippen molar-refractivity contribution in [1.29, 1.82) is 0 Å². The summed E-state index contributed by atoms with van der Waals surface area (Å²) in [7, 11) is 1.36. The van der Waals surface area contributed by atoms with E-state index in [2.05, 4.69) is 19.9 Å². The summed E-state index contributed by atoms with van der Waals surface area (Å²) < 4.78 is 4.56. The van der Waals surface area contributed by atoms with Crippen LogP contribution in [-0.4, -0.2) is 98.5 Å². The Labute approximate surface area is 155 Å². The van der Waals surface area contributed by atoms with Gasteiger partial charge in [-0.05, 0) is 25.7 Å². The molecule has 2 fully saturated rings. The zero-order chi connectivity index (χ0) is 18.8. The van der Waals surface area contributed by atoms with Gasteiger partial charge in [-0.25, -0.2) is 0 Å². The Bertz CT molecular complexity index is 472. The summed E-state index contributed by atoms with van der Waals surface area (Å²) in [6.45, 7) is 6.36. The number of ether oxygens (including phenoxy) is 1. The molecule has 2 heterocycles. The fourth-order valence-corrected chi connectivity index (χ4v) is 3.36. The van der Waals surface area contributed by atoms with Gasteiger partial charge < -0.3 is 15.0 Å². The lowest BCUT2D eigenvalue weighted by Crippen LogP contribution is -2.52. The lowest BCUT2D eigenvalue weighted by atomic mass is 10.1. The molecule has 0 saturated carbocycles. The number of piperazine rings is 1. The molecule has 0 atom stereocenters. The van der Waals surface area contributed by atoms with Crippen molar-refractivity contribution < 1.29 is 19.1 Å². The predicted octanol–water partition coefficient (Wildman–Crippen LogP) is -0.314. The first-order valence-electron chi connectivity index (χ1n) is 9.64. The Morgan fingerprint density at radius 3 is 2.12 bits per heavy atom. The number of piperidine rings is 1. The highest BCUT2D eigenvalue weighted by atomic mass is 16.5. The predicted molar refractivity (Wildman–Crippen MR) is 97.6 cm³/mol. The Morgan fingerprint density at radius 1 is 0.885 bits per heavy atom. The van der Waals surface area contributed by atoms with Gasteiger partial charge in [-0.1, -0.05) is 0 Å². The second-order valence-corrected chi connectivity index (χ2v) is 7.02. The monoisotopic (exact) mass is 368 g/mol. The summed E-state index contributed by atoms with van der Waals surface area (Å²) in [4.78, 5) is 41.5. The molecule has 1 N–H and O–H groups in total. The third kappa shape index (κ3) is 7.29. The third-order valence-corrected chi connectivity index (χ3v) is 5.01. The van der Waals surface area contributed by atoms with Crippen molar-refractivity contribution in [2.75, 3.05) is 66.0 Å². The van der Waals surface area contributed by atoms with Gasteiger partial charge in [-0.3, -0.25) is 24.2 Å². The lowest BCUT2D eigenvalue weighted by molar-refractivity contribution is -0.140. The van der Waals surface area contributed by atoms with Crippen LogP contribution in [0.2, 0.25) is 0 Å². The van der Waals surface area contributed by atoms with Crippen LogP contribution in [0.15, 0.2) is 0 Å². The molecular formula is C18H32N4O4. The minimum Gasteiger partial charge on any atom is -0.469 e. The van der Waals surface area contributed by atoms with Crippen LogP contribution in [0.3, 0.4) is 0 Å². The Balaban J connectivity index is 1.57. The van der Waals surface area contributed by atoms with Crippen LogP contribution in [0.25, 0.3) is 0 Å². The molecule has 0 aliphatic carbocycles. The van der Waals surface area contributed by atoms with E-state index < -0.39 is 0 Å². The van der Waals surface area contributed by atoms with Gasteiger partial charge in [0.05, 0.1) is 20.2 Å². The standard InChI is InChI=1S/C18H32N4O4/c1-26-18(25)6-5-7-19-16(23)14-20-10-12-21(13-11-20)15-17(24)22-8-3-2-4-9-22/h2-15H2,1H3,(H,19,23). The summed E-state index contributed by atoms with van der Waals surface area (Å²) >= 11 is 0. The van der Waals surface area contributed by atoms with E-state index in [0.717, 1.165) is 52.1 Å². The second-order valence-electron chi connectivity index (χ2n) is 7.02. The van der Waals surface area contributed by atoms with E-state index in [1.807, 2.05) is 4.90 Å². The molecule has 148 valence electrons. The molecule has 0 aromatic carbocycles. The highest BCUT2D eigenvalue weighted by molar-refractivity contribution is 5.78. The first-order chi connectivity index (χ1) is 12.6. The summed E-state index contributed by atoms with van der Waals surface area (Å²) in [6.07, 6.45) is 4.38. The maximum Gasteiger partial charge on any atom is 0.305 e. The van der Waals surface area contributed by atoms with E-state index in [0.29, 0.717) is 32.5 Å². The van der Waals surface area contributed by atoms with Gasteiger partial charge in [-0.2, -0.15) is 0 Å². The van der Waals surface area contributed by atoms with Crippen LogP contribution < -0.4 is 5.32 Å². The van der Waals surface area contributed by atoms with Crippen LogP contribution in [0, 0.1) is 0 Å². The molecule has 8 nitrogen and oxygen atoms in total. The van der Waals surface area contributed by atoms with E-state index in [1.165, 1.54) is 13.5 Å². The molecule has 0 aromatic rings. The van der Waals surface area contributed by atoms with Crippen LogP contribution in [0.4, 0.5) is 0 Å². The van der Waals surface area contributed by atoms with Crippen LogP contribution in [0.5, 0.6) is 0 Å². The number of nitrogens with zero attached hydrogens (tertiary/aromatic N) is 3. The van der Waals surface area contributed by atoms with Gasteiger partial charge in [-0.15, -0.1) is 0 Å². The Kier molecular flexibility index (Phi) is 8.84. The molecule has 0 radical (unpaired) electrons. The molecule has 2 aliphatic heterocycles. The quantitative estimate of drug-likeness (QED) is 0.467. The van der Waals surface area contributed by atoms with Crippen LogP contribution in [0.1, 0.15) is 32.1 Å². The SMILES string of the molecule is COC(=O)CCCNC(=O)CN1CCN(CC(=O)N2CCCCC2)CC1. The Hall–Kier alpha value is -1.67. The number of rotatable bonds is 8. The minimum absolute atomic E-state index is 0.0206. The number of nitrogens with one attached hydrogen (secondary N) is 1. The number of methoxy groups -OCH3 is 1. The Morgan fingerprint density at radius 2 is 1.50 bits per heavy atom. The third-order valence-electron chi connectivity index (χ3n) is 5.01. The molecule has 2 amide bonds. The topological polar surface area (TPSA) is 82.2 Å². The molecule has 0 bridgehead atoms. The van der Waals surface area contributed by atoms with Crippen molar-refractivity contribution in [3.63, 3.8) is 0 Å². The molecule has 2 rings (SSSR count). The molecule has 8 heteroatoms. The lowest BCUT2D eigenvalue weighted by Gasteiger charge is -2.35. The first kappa shape index (κ1) is 20.6. The van der Waals surface area contributed by atoms with Gasteiger partial charge in [0.1, 0.15) is 0 Å². The normalized spacial score (nSPS) is 19.2. The number of esters is 1. The fourth-order valence-electron chi connectivity index (χ4n) is 3.36. The van der Waals surface area contributed by atoms with E-state index >= 15 is 0 Å². The highest BCUT2D eigenvalue weighted by Crippen LogP contribution is 2.10. The zero-order valence-corrected chi connectivity index (χ0v) is 15.9. The maximum absolute atomic E-state index is 12.3. The summed E-state index contributed by atoms with van der Waals surface area (Å²) in [5, 5.41) is 2.83. The van der Waals surface area contributed by atoms with Gasteiger partial charge in [0.2, 0.25) is 11.8 Å². The number of carbonyl (C=O) groups excluding carboxylic acids is 3. The van der Waals surface area contributed by atoms with Crippen LogP contribution >= 0.6 is 0 Å². The van der Waals surface area contributed by atoms with Gasteiger partial charge in [0.15, 0.2) is 0 Å². The van der Waals surface area contributed by atoms with Crippen molar-refractivity contribution >= 4 is 17.8 Å². The summed E-state index contributed by atoms with van der Waals surface area (Å²) in [5.41, 5.74) is 0. The summed E-state index contributed by atoms with van der Waals surface area (Å²) in [5.74, 6) is -0.0383. The summed E-state index contributed by atoms with van der Waals surface area (Å²) in [6, 6.07) is 0. The number of amides is 2. The van der Waals surface area contributed by atoms with Crippen molar-refractivity contribution in [2.45, 2.75) is 32.1 Å². The number of likely N-dealkylation sites (tertiary alicyclic amines) is 1. The zero-order valence-electron chi connectivity index (χ0n) is 15.9. The molecule has 2 saturated heterocycles. The number of hydrogen-bond acceptors (Lipinski definition) is 6. The number of carbonyl (C=O) groups is 3. The molecule has 0 unspecified atom stereocenters. The highest BCUT2D eigenvalue weighted by Gasteiger charge is 2.23. The first-order valence-corrected chi connectivity index (χ1v) is 9.64. The van der Waals surface area contributed by atoms with Crippen molar-refractivity contribution in [3.05, 3.63) is 0 Å². The molecule has 0 spiro atoms.